The molecule has 1 amide bonds. The maximum Gasteiger partial charge on any atom is 0.254 e. The van der Waals surface area contributed by atoms with Crippen molar-refractivity contribution in [1.29, 1.82) is 0 Å². The second kappa shape index (κ2) is 3.69. The van der Waals surface area contributed by atoms with E-state index in [0.29, 0.717) is 19.7 Å². The summed E-state index contributed by atoms with van der Waals surface area (Å²) in [5.74, 6) is -0.0961. The quantitative estimate of drug-likeness (QED) is 0.575. The van der Waals surface area contributed by atoms with E-state index >= 15 is 0 Å². The molecule has 64 valence electrons. The molecule has 1 rings (SSSR count). The van der Waals surface area contributed by atoms with Crippen LogP contribution in [0.25, 0.3) is 0 Å². The summed E-state index contributed by atoms with van der Waals surface area (Å²) in [5.41, 5.74) is 0. The number of aliphatic hydroxyl groups excluding tert-OH is 1. The first-order chi connectivity index (χ1) is 5.29. The third-order valence-electron chi connectivity index (χ3n) is 1.81. The Balaban J connectivity index is 2.52. The van der Waals surface area contributed by atoms with Crippen molar-refractivity contribution in [3.63, 3.8) is 0 Å². The summed E-state index contributed by atoms with van der Waals surface area (Å²) >= 11 is 0. The molecule has 1 aliphatic rings. The van der Waals surface area contributed by atoms with E-state index in [1.807, 2.05) is 6.92 Å². The average molecular weight is 159 g/mol. The Morgan fingerprint density at radius 3 is 3.09 bits per heavy atom. The van der Waals surface area contributed by atoms with Gasteiger partial charge in [-0.1, -0.05) is 0 Å². The summed E-state index contributed by atoms with van der Waals surface area (Å²) in [4.78, 5) is 12.9. The molecule has 0 aromatic heterocycles. The molecule has 0 saturated carbocycles. The summed E-state index contributed by atoms with van der Waals surface area (Å²) in [6.45, 7) is 3.57. The number of nitrogens with zero attached hydrogens (tertiary/aromatic N) is 1. The molecule has 0 spiro atoms. The van der Waals surface area contributed by atoms with Gasteiger partial charge in [0.15, 0.2) is 6.10 Å². The van der Waals surface area contributed by atoms with E-state index in [0.717, 1.165) is 0 Å². The molecule has 1 saturated heterocycles. The molecule has 1 N–H and O–H groups in total. The summed E-state index contributed by atoms with van der Waals surface area (Å²) in [6, 6.07) is 0. The van der Waals surface area contributed by atoms with Gasteiger partial charge < -0.3 is 14.7 Å². The number of carbonyl (C=O) groups excluding carboxylic acids is 1. The summed E-state index contributed by atoms with van der Waals surface area (Å²) < 4.78 is 5.03. The van der Waals surface area contributed by atoms with Crippen molar-refractivity contribution in [2.45, 2.75) is 13.0 Å². The largest absolute Gasteiger partial charge is 0.393 e. The van der Waals surface area contributed by atoms with Crippen LogP contribution < -0.4 is 0 Å². The standard InChI is InChI=1S/C7H13NO3/c1-2-8-3-4-11-6(5-9)7(8)10/h6,9H,2-5H2,1H3. The zero-order chi connectivity index (χ0) is 8.27. The highest BCUT2D eigenvalue weighted by Crippen LogP contribution is 2.05. The van der Waals surface area contributed by atoms with Gasteiger partial charge in [-0.05, 0) is 6.92 Å². The second-order valence-electron chi connectivity index (χ2n) is 2.46. The lowest BCUT2D eigenvalue weighted by Crippen LogP contribution is -2.48. The predicted octanol–water partition coefficient (Wildman–Crippen LogP) is -0.774. The number of ether oxygens (including phenoxy) is 1. The number of hydrogen-bond donors (Lipinski definition) is 1. The number of rotatable bonds is 2. The minimum atomic E-state index is -0.622. The Bertz CT molecular complexity index is 135. The Morgan fingerprint density at radius 2 is 2.55 bits per heavy atom. The lowest BCUT2D eigenvalue weighted by molar-refractivity contribution is -0.155. The lowest BCUT2D eigenvalue weighted by atomic mass is 10.2. The number of hydrogen-bond acceptors (Lipinski definition) is 3. The van der Waals surface area contributed by atoms with Gasteiger partial charge in [-0.2, -0.15) is 0 Å². The van der Waals surface area contributed by atoms with Crippen LogP contribution in [0.3, 0.4) is 0 Å². The SMILES string of the molecule is CCN1CCOC(CO)C1=O. The molecule has 1 heterocycles. The van der Waals surface area contributed by atoms with Crippen LogP contribution in [0.5, 0.6) is 0 Å². The van der Waals surface area contributed by atoms with E-state index in [4.69, 9.17) is 9.84 Å². The van der Waals surface area contributed by atoms with E-state index in [9.17, 15) is 4.79 Å². The Labute approximate surface area is 65.8 Å². The van der Waals surface area contributed by atoms with Gasteiger partial charge in [-0.15, -0.1) is 0 Å². The first-order valence-corrected chi connectivity index (χ1v) is 3.80. The molecule has 0 bridgehead atoms. The van der Waals surface area contributed by atoms with Crippen molar-refractivity contribution in [2.75, 3.05) is 26.3 Å². The first-order valence-electron chi connectivity index (χ1n) is 3.80. The highest BCUT2D eigenvalue weighted by molar-refractivity contribution is 5.81. The number of aliphatic hydroxyl groups is 1. The fourth-order valence-corrected chi connectivity index (χ4v) is 1.14. The molecule has 11 heavy (non-hydrogen) atoms. The fraction of sp³-hybridized carbons (Fsp3) is 0.857. The molecule has 1 aliphatic heterocycles. The summed E-state index contributed by atoms with van der Waals surface area (Å²) in [7, 11) is 0. The third-order valence-corrected chi connectivity index (χ3v) is 1.81. The average Bonchev–Trinajstić information content (AvgIpc) is 2.05. The van der Waals surface area contributed by atoms with Crippen molar-refractivity contribution in [3.05, 3.63) is 0 Å². The molecule has 0 aliphatic carbocycles. The molecule has 1 unspecified atom stereocenters. The molecule has 4 heteroatoms. The van der Waals surface area contributed by atoms with Crippen LogP contribution in [-0.4, -0.2) is 48.3 Å². The van der Waals surface area contributed by atoms with E-state index in [-0.39, 0.29) is 12.5 Å². The predicted molar refractivity (Wildman–Crippen MR) is 39.1 cm³/mol. The summed E-state index contributed by atoms with van der Waals surface area (Å²) in [6.07, 6.45) is -0.622. The van der Waals surface area contributed by atoms with Crippen LogP contribution in [0.15, 0.2) is 0 Å². The second-order valence-corrected chi connectivity index (χ2v) is 2.46. The monoisotopic (exact) mass is 159 g/mol. The van der Waals surface area contributed by atoms with E-state index in [1.165, 1.54) is 0 Å². The highest BCUT2D eigenvalue weighted by Gasteiger charge is 2.27. The number of carbonyl (C=O) groups is 1. The van der Waals surface area contributed by atoms with Crippen LogP contribution >= 0.6 is 0 Å². The molecule has 0 aromatic carbocycles. The van der Waals surface area contributed by atoms with Crippen LogP contribution in [0.4, 0.5) is 0 Å². The van der Waals surface area contributed by atoms with Crippen LogP contribution in [-0.2, 0) is 9.53 Å². The van der Waals surface area contributed by atoms with Gasteiger partial charge in [0.05, 0.1) is 13.2 Å². The molecule has 1 atom stereocenters. The minimum Gasteiger partial charge on any atom is -0.393 e. The Morgan fingerprint density at radius 1 is 1.82 bits per heavy atom. The molecular weight excluding hydrogens is 146 g/mol. The van der Waals surface area contributed by atoms with Gasteiger partial charge in [0.25, 0.3) is 5.91 Å². The topological polar surface area (TPSA) is 49.8 Å². The minimum absolute atomic E-state index is 0.0961. The van der Waals surface area contributed by atoms with Gasteiger partial charge >= 0.3 is 0 Å². The van der Waals surface area contributed by atoms with Crippen molar-refractivity contribution in [1.82, 2.24) is 4.90 Å². The van der Waals surface area contributed by atoms with Gasteiger partial charge in [0.1, 0.15) is 0 Å². The first kappa shape index (κ1) is 8.49. The van der Waals surface area contributed by atoms with Crippen LogP contribution in [0.1, 0.15) is 6.92 Å². The van der Waals surface area contributed by atoms with Crippen LogP contribution in [0, 0.1) is 0 Å². The van der Waals surface area contributed by atoms with Gasteiger partial charge in [0.2, 0.25) is 0 Å². The van der Waals surface area contributed by atoms with Crippen molar-refractivity contribution in [2.24, 2.45) is 0 Å². The van der Waals surface area contributed by atoms with Crippen molar-refractivity contribution < 1.29 is 14.6 Å². The lowest BCUT2D eigenvalue weighted by Gasteiger charge is -2.30. The maximum absolute atomic E-state index is 11.2. The van der Waals surface area contributed by atoms with E-state index in [2.05, 4.69) is 0 Å². The number of amides is 1. The van der Waals surface area contributed by atoms with E-state index < -0.39 is 6.10 Å². The molecule has 1 fully saturated rings. The van der Waals surface area contributed by atoms with Gasteiger partial charge in [0, 0.05) is 13.1 Å². The molecule has 0 radical (unpaired) electrons. The zero-order valence-electron chi connectivity index (χ0n) is 6.62. The summed E-state index contributed by atoms with van der Waals surface area (Å²) in [5, 5.41) is 8.70. The molecular formula is C7H13NO3. The highest BCUT2D eigenvalue weighted by atomic mass is 16.5. The Kier molecular flexibility index (Phi) is 2.84. The third kappa shape index (κ3) is 1.70. The number of likely N-dealkylation sites (N-methyl/N-ethyl adjacent to an activating group) is 1. The van der Waals surface area contributed by atoms with Crippen molar-refractivity contribution >= 4 is 5.91 Å². The smallest absolute Gasteiger partial charge is 0.254 e. The van der Waals surface area contributed by atoms with E-state index in [1.54, 1.807) is 4.90 Å². The Hall–Kier alpha value is -0.610. The van der Waals surface area contributed by atoms with Gasteiger partial charge in [-0.25, -0.2) is 0 Å². The van der Waals surface area contributed by atoms with Gasteiger partial charge in [-0.3, -0.25) is 4.79 Å². The normalized spacial score (nSPS) is 25.8. The molecule has 4 nitrogen and oxygen atoms in total. The molecule has 0 aromatic rings. The maximum atomic E-state index is 11.2. The zero-order valence-corrected chi connectivity index (χ0v) is 6.62. The number of morpholine rings is 1. The van der Waals surface area contributed by atoms with Crippen LogP contribution in [0.2, 0.25) is 0 Å². The van der Waals surface area contributed by atoms with Crippen molar-refractivity contribution in [3.8, 4) is 0 Å². The fourth-order valence-electron chi connectivity index (χ4n) is 1.14.